The molecule has 0 fully saturated rings. The van der Waals surface area contributed by atoms with Crippen LogP contribution in [0.4, 0.5) is 5.69 Å². The number of anilines is 1. The Labute approximate surface area is 117 Å². The summed E-state index contributed by atoms with van der Waals surface area (Å²) in [7, 11) is 0. The highest BCUT2D eigenvalue weighted by atomic mass is 16.3. The molecule has 2 aromatic heterocycles. The Hall–Kier alpha value is -2.29. The Bertz CT molecular complexity index is 747. The standard InChI is InChI=1S/C17H16N2O/c1-4-16(14-8-10-20-17(14)5-1)19-13-6-7-15-12(11-13)3-2-9-18-15/h2-3,6-11,16,19H,1,4-5H2. The summed E-state index contributed by atoms with van der Waals surface area (Å²) in [5.74, 6) is 1.14. The van der Waals surface area contributed by atoms with E-state index in [4.69, 9.17) is 4.42 Å². The summed E-state index contributed by atoms with van der Waals surface area (Å²) in [6.45, 7) is 0. The second-order valence-electron chi connectivity index (χ2n) is 5.30. The molecule has 1 aromatic carbocycles. The summed E-state index contributed by atoms with van der Waals surface area (Å²) in [5, 5.41) is 4.79. The van der Waals surface area contributed by atoms with Gasteiger partial charge in [0, 0.05) is 29.3 Å². The Morgan fingerprint density at radius 1 is 1.20 bits per heavy atom. The zero-order valence-electron chi connectivity index (χ0n) is 11.2. The van der Waals surface area contributed by atoms with Crippen molar-refractivity contribution >= 4 is 16.6 Å². The number of pyridine rings is 1. The van der Waals surface area contributed by atoms with E-state index in [2.05, 4.69) is 40.6 Å². The SMILES string of the molecule is c1cnc2ccc(NC3CCCc4occc43)cc2c1. The van der Waals surface area contributed by atoms with Crippen molar-refractivity contribution in [1.82, 2.24) is 4.98 Å². The van der Waals surface area contributed by atoms with E-state index in [1.54, 1.807) is 6.26 Å². The van der Waals surface area contributed by atoms with Gasteiger partial charge in [0.15, 0.2) is 0 Å². The number of rotatable bonds is 2. The Morgan fingerprint density at radius 3 is 3.20 bits per heavy atom. The molecule has 3 heteroatoms. The molecule has 0 spiro atoms. The first-order valence-corrected chi connectivity index (χ1v) is 7.08. The number of benzene rings is 1. The number of hydrogen-bond acceptors (Lipinski definition) is 3. The van der Waals surface area contributed by atoms with Crippen LogP contribution in [0.1, 0.15) is 30.2 Å². The van der Waals surface area contributed by atoms with E-state index >= 15 is 0 Å². The summed E-state index contributed by atoms with van der Waals surface area (Å²) in [5.41, 5.74) is 3.48. The van der Waals surface area contributed by atoms with Crippen molar-refractivity contribution in [3.63, 3.8) is 0 Å². The van der Waals surface area contributed by atoms with Gasteiger partial charge in [-0.1, -0.05) is 6.07 Å². The molecule has 0 radical (unpaired) electrons. The molecule has 4 rings (SSSR count). The molecular weight excluding hydrogens is 248 g/mol. The van der Waals surface area contributed by atoms with Crippen LogP contribution in [-0.4, -0.2) is 4.98 Å². The van der Waals surface area contributed by atoms with Gasteiger partial charge in [0.2, 0.25) is 0 Å². The topological polar surface area (TPSA) is 38.1 Å². The average molecular weight is 264 g/mol. The van der Waals surface area contributed by atoms with Crippen LogP contribution in [0.3, 0.4) is 0 Å². The van der Waals surface area contributed by atoms with Gasteiger partial charge in [-0.3, -0.25) is 4.98 Å². The van der Waals surface area contributed by atoms with E-state index in [0.717, 1.165) is 29.8 Å². The van der Waals surface area contributed by atoms with Gasteiger partial charge in [-0.2, -0.15) is 0 Å². The number of aryl methyl sites for hydroxylation is 1. The number of nitrogens with zero attached hydrogens (tertiary/aromatic N) is 1. The molecule has 0 saturated heterocycles. The smallest absolute Gasteiger partial charge is 0.109 e. The zero-order valence-corrected chi connectivity index (χ0v) is 11.2. The Kier molecular flexibility index (Phi) is 2.69. The van der Waals surface area contributed by atoms with Crippen LogP contribution in [-0.2, 0) is 6.42 Å². The average Bonchev–Trinajstić information content (AvgIpc) is 2.97. The zero-order chi connectivity index (χ0) is 13.4. The van der Waals surface area contributed by atoms with E-state index in [1.807, 2.05) is 12.3 Å². The fourth-order valence-corrected chi connectivity index (χ4v) is 3.00. The van der Waals surface area contributed by atoms with Gasteiger partial charge >= 0.3 is 0 Å². The maximum atomic E-state index is 5.54. The third kappa shape index (κ3) is 1.95. The van der Waals surface area contributed by atoms with Crippen LogP contribution in [0, 0.1) is 0 Å². The molecule has 0 amide bonds. The third-order valence-corrected chi connectivity index (χ3v) is 4.00. The van der Waals surface area contributed by atoms with Crippen LogP contribution in [0.2, 0.25) is 0 Å². The summed E-state index contributed by atoms with van der Waals surface area (Å²) in [4.78, 5) is 4.35. The number of aromatic nitrogens is 1. The highest BCUT2D eigenvalue weighted by Gasteiger charge is 2.22. The molecule has 0 bridgehead atoms. The summed E-state index contributed by atoms with van der Waals surface area (Å²) >= 11 is 0. The van der Waals surface area contributed by atoms with Crippen molar-refractivity contribution in [3.05, 3.63) is 60.2 Å². The summed E-state index contributed by atoms with van der Waals surface area (Å²) in [6, 6.07) is 12.8. The van der Waals surface area contributed by atoms with E-state index < -0.39 is 0 Å². The Balaban J connectivity index is 1.65. The molecule has 1 N–H and O–H groups in total. The van der Waals surface area contributed by atoms with Crippen LogP contribution in [0.25, 0.3) is 10.9 Å². The molecule has 0 saturated carbocycles. The highest BCUT2D eigenvalue weighted by molar-refractivity contribution is 5.82. The normalized spacial score (nSPS) is 17.9. The molecule has 1 aliphatic rings. The minimum atomic E-state index is 0.353. The monoisotopic (exact) mass is 264 g/mol. The van der Waals surface area contributed by atoms with E-state index in [1.165, 1.54) is 17.4 Å². The Morgan fingerprint density at radius 2 is 2.20 bits per heavy atom. The van der Waals surface area contributed by atoms with Gasteiger partial charge < -0.3 is 9.73 Å². The quantitative estimate of drug-likeness (QED) is 0.749. The first-order chi connectivity index (χ1) is 9.90. The first-order valence-electron chi connectivity index (χ1n) is 7.08. The van der Waals surface area contributed by atoms with Gasteiger partial charge in [-0.25, -0.2) is 0 Å². The molecule has 3 nitrogen and oxygen atoms in total. The van der Waals surface area contributed by atoms with Crippen molar-refractivity contribution in [3.8, 4) is 0 Å². The maximum absolute atomic E-state index is 5.54. The predicted octanol–water partition coefficient (Wildman–Crippen LogP) is 4.32. The van der Waals surface area contributed by atoms with Gasteiger partial charge in [0.25, 0.3) is 0 Å². The number of nitrogens with one attached hydrogen (secondary N) is 1. The molecular formula is C17H16N2O. The molecule has 1 atom stereocenters. The lowest BCUT2D eigenvalue weighted by atomic mass is 9.93. The van der Waals surface area contributed by atoms with Gasteiger partial charge in [-0.05, 0) is 43.2 Å². The number of fused-ring (bicyclic) bond motifs is 2. The van der Waals surface area contributed by atoms with Crippen LogP contribution in [0.15, 0.2) is 53.3 Å². The summed E-state index contributed by atoms with van der Waals surface area (Å²) in [6.07, 6.45) is 7.01. The van der Waals surface area contributed by atoms with Crippen LogP contribution in [0.5, 0.6) is 0 Å². The molecule has 100 valence electrons. The van der Waals surface area contributed by atoms with E-state index in [0.29, 0.717) is 6.04 Å². The largest absolute Gasteiger partial charge is 0.469 e. The predicted molar refractivity (Wildman–Crippen MR) is 79.8 cm³/mol. The maximum Gasteiger partial charge on any atom is 0.109 e. The van der Waals surface area contributed by atoms with E-state index in [-0.39, 0.29) is 0 Å². The molecule has 2 heterocycles. The van der Waals surface area contributed by atoms with Gasteiger partial charge in [0.05, 0.1) is 17.8 Å². The second-order valence-corrected chi connectivity index (χ2v) is 5.30. The number of hydrogen-bond donors (Lipinski definition) is 1. The van der Waals surface area contributed by atoms with Crippen LogP contribution >= 0.6 is 0 Å². The highest BCUT2D eigenvalue weighted by Crippen LogP contribution is 2.33. The third-order valence-electron chi connectivity index (χ3n) is 4.00. The van der Waals surface area contributed by atoms with Crippen molar-refractivity contribution in [2.75, 3.05) is 5.32 Å². The fourth-order valence-electron chi connectivity index (χ4n) is 3.00. The minimum Gasteiger partial charge on any atom is -0.469 e. The molecule has 3 aromatic rings. The van der Waals surface area contributed by atoms with Crippen molar-refractivity contribution in [1.29, 1.82) is 0 Å². The van der Waals surface area contributed by atoms with E-state index in [9.17, 15) is 0 Å². The molecule has 20 heavy (non-hydrogen) atoms. The minimum absolute atomic E-state index is 0.353. The van der Waals surface area contributed by atoms with Crippen molar-refractivity contribution in [2.45, 2.75) is 25.3 Å². The molecule has 1 unspecified atom stereocenters. The van der Waals surface area contributed by atoms with Crippen molar-refractivity contribution < 1.29 is 4.42 Å². The summed E-state index contributed by atoms with van der Waals surface area (Å²) < 4.78 is 5.54. The molecule has 1 aliphatic carbocycles. The van der Waals surface area contributed by atoms with Gasteiger partial charge in [-0.15, -0.1) is 0 Å². The lowest BCUT2D eigenvalue weighted by molar-refractivity contribution is 0.461. The fraction of sp³-hybridized carbons (Fsp3) is 0.235. The first kappa shape index (κ1) is 11.5. The second kappa shape index (κ2) is 4.67. The van der Waals surface area contributed by atoms with Crippen LogP contribution < -0.4 is 5.32 Å². The van der Waals surface area contributed by atoms with Gasteiger partial charge in [0.1, 0.15) is 5.76 Å². The number of furan rings is 1. The lowest BCUT2D eigenvalue weighted by Crippen LogP contribution is -2.15. The lowest BCUT2D eigenvalue weighted by Gasteiger charge is -2.23. The molecule has 0 aliphatic heterocycles. The van der Waals surface area contributed by atoms with Crippen molar-refractivity contribution in [2.24, 2.45) is 0 Å².